The zero-order chi connectivity index (χ0) is 18.5. The number of nitrogens with zero attached hydrogens (tertiary/aromatic N) is 2. The molecule has 0 aliphatic carbocycles. The molecule has 5 nitrogen and oxygen atoms in total. The number of carbonyl (C=O) groups is 1. The van der Waals surface area contributed by atoms with Gasteiger partial charge in [-0.3, -0.25) is 10.1 Å². The van der Waals surface area contributed by atoms with E-state index in [0.717, 1.165) is 10.6 Å². The Balaban J connectivity index is 1.68. The van der Waals surface area contributed by atoms with Gasteiger partial charge in [-0.05, 0) is 25.5 Å². The summed E-state index contributed by atoms with van der Waals surface area (Å²) in [6, 6.07) is 15.1. The minimum absolute atomic E-state index is 0.279. The highest BCUT2D eigenvalue weighted by atomic mass is 35.5. The predicted molar refractivity (Wildman–Crippen MR) is 105 cm³/mol. The normalized spacial score (nSPS) is 11.8. The van der Waals surface area contributed by atoms with Gasteiger partial charge in [0.1, 0.15) is 10.8 Å². The molecule has 0 aliphatic rings. The minimum atomic E-state index is -0.665. The number of para-hydroxylation sites is 1. The second kappa shape index (κ2) is 8.29. The molecule has 1 amide bonds. The van der Waals surface area contributed by atoms with Crippen LogP contribution in [0.1, 0.15) is 18.9 Å². The van der Waals surface area contributed by atoms with Crippen molar-refractivity contribution in [1.29, 1.82) is 0 Å². The monoisotopic (exact) mass is 387 g/mol. The molecule has 1 N–H and O–H groups in total. The molecule has 0 spiro atoms. The first-order valence-electron chi connectivity index (χ1n) is 8.19. The maximum Gasteiger partial charge on any atom is 0.267 e. The van der Waals surface area contributed by atoms with E-state index in [9.17, 15) is 4.79 Å². The van der Waals surface area contributed by atoms with Crippen molar-refractivity contribution in [2.24, 2.45) is 0 Å². The molecule has 0 saturated heterocycles. The van der Waals surface area contributed by atoms with E-state index in [2.05, 4.69) is 15.5 Å². The van der Waals surface area contributed by atoms with E-state index < -0.39 is 6.10 Å². The Hall–Kier alpha value is -2.44. The highest BCUT2D eigenvalue weighted by molar-refractivity contribution is 7.18. The lowest BCUT2D eigenvalue weighted by molar-refractivity contribution is -0.122. The number of benzene rings is 2. The molecular formula is C19H18ClN3O2S. The number of anilines is 1. The van der Waals surface area contributed by atoms with Crippen molar-refractivity contribution in [3.8, 4) is 16.3 Å². The van der Waals surface area contributed by atoms with Gasteiger partial charge < -0.3 is 4.74 Å². The summed E-state index contributed by atoms with van der Waals surface area (Å²) in [5.74, 6) is 0.202. The fourth-order valence-corrected chi connectivity index (χ4v) is 3.22. The zero-order valence-electron chi connectivity index (χ0n) is 14.4. The van der Waals surface area contributed by atoms with Crippen LogP contribution >= 0.6 is 22.9 Å². The number of carbonyl (C=O) groups excluding carboxylic acids is 1. The molecule has 1 aromatic heterocycles. The first kappa shape index (κ1) is 18.4. The fourth-order valence-electron chi connectivity index (χ4n) is 2.29. The van der Waals surface area contributed by atoms with Gasteiger partial charge in [0.2, 0.25) is 5.13 Å². The Kier molecular flexibility index (Phi) is 5.85. The van der Waals surface area contributed by atoms with Gasteiger partial charge in [0.25, 0.3) is 5.91 Å². The van der Waals surface area contributed by atoms with Gasteiger partial charge in [-0.25, -0.2) is 0 Å². The zero-order valence-corrected chi connectivity index (χ0v) is 16.0. The number of ether oxygens (including phenoxy) is 1. The van der Waals surface area contributed by atoms with Crippen LogP contribution in [-0.2, 0) is 4.79 Å². The number of aryl methyl sites for hydroxylation is 1. The third-order valence-electron chi connectivity index (χ3n) is 3.72. The number of hydrogen-bond acceptors (Lipinski definition) is 5. The number of nitrogens with one attached hydrogen (secondary N) is 1. The van der Waals surface area contributed by atoms with Gasteiger partial charge in [-0.1, -0.05) is 71.8 Å². The Morgan fingerprint density at radius 1 is 1.19 bits per heavy atom. The summed E-state index contributed by atoms with van der Waals surface area (Å²) in [4.78, 5) is 12.5. The first-order chi connectivity index (χ1) is 12.6. The number of hydrogen-bond donors (Lipinski definition) is 1. The Bertz CT molecular complexity index is 896. The molecule has 0 saturated carbocycles. The van der Waals surface area contributed by atoms with Crippen LogP contribution in [0.25, 0.3) is 10.6 Å². The summed E-state index contributed by atoms with van der Waals surface area (Å²) in [5, 5.41) is 12.6. The van der Waals surface area contributed by atoms with Crippen molar-refractivity contribution in [2.45, 2.75) is 26.4 Å². The van der Waals surface area contributed by atoms with Gasteiger partial charge in [0.05, 0.1) is 5.02 Å². The maximum absolute atomic E-state index is 12.5. The molecule has 26 heavy (non-hydrogen) atoms. The van der Waals surface area contributed by atoms with Crippen LogP contribution in [0.3, 0.4) is 0 Å². The van der Waals surface area contributed by atoms with Crippen molar-refractivity contribution in [1.82, 2.24) is 10.2 Å². The summed E-state index contributed by atoms with van der Waals surface area (Å²) in [5.41, 5.74) is 2.14. The van der Waals surface area contributed by atoms with E-state index in [1.807, 2.05) is 50.2 Å². The quantitative estimate of drug-likeness (QED) is 0.649. The fraction of sp³-hybridized carbons (Fsp3) is 0.211. The summed E-state index contributed by atoms with van der Waals surface area (Å²) in [6.45, 7) is 3.90. The highest BCUT2D eigenvalue weighted by Gasteiger charge is 2.21. The van der Waals surface area contributed by atoms with Gasteiger partial charge >= 0.3 is 0 Å². The van der Waals surface area contributed by atoms with E-state index >= 15 is 0 Å². The van der Waals surface area contributed by atoms with Crippen LogP contribution < -0.4 is 10.1 Å². The van der Waals surface area contributed by atoms with Crippen molar-refractivity contribution in [3.63, 3.8) is 0 Å². The van der Waals surface area contributed by atoms with Crippen LogP contribution in [0.2, 0.25) is 5.02 Å². The maximum atomic E-state index is 12.5. The average Bonchev–Trinajstić information content (AvgIpc) is 3.10. The Morgan fingerprint density at radius 3 is 2.62 bits per heavy atom. The molecule has 0 bridgehead atoms. The molecule has 1 atom stereocenters. The van der Waals surface area contributed by atoms with Gasteiger partial charge in [-0.2, -0.15) is 0 Å². The van der Waals surface area contributed by atoms with Crippen molar-refractivity contribution in [2.75, 3.05) is 5.32 Å². The summed E-state index contributed by atoms with van der Waals surface area (Å²) in [7, 11) is 0. The lowest BCUT2D eigenvalue weighted by atomic mass is 10.2. The molecule has 134 valence electrons. The average molecular weight is 388 g/mol. The van der Waals surface area contributed by atoms with E-state index in [0.29, 0.717) is 22.3 Å². The SMILES string of the molecule is CCC(Oc1ccccc1Cl)C(=O)Nc1nnc(-c2ccc(C)cc2)s1. The second-order valence-corrected chi connectivity index (χ2v) is 7.10. The number of amides is 1. The molecule has 1 heterocycles. The third kappa shape index (κ3) is 4.39. The van der Waals surface area contributed by atoms with Gasteiger partial charge in [-0.15, -0.1) is 10.2 Å². The van der Waals surface area contributed by atoms with E-state index in [-0.39, 0.29) is 5.91 Å². The van der Waals surface area contributed by atoms with Crippen molar-refractivity contribution < 1.29 is 9.53 Å². The Morgan fingerprint density at radius 2 is 1.92 bits per heavy atom. The predicted octanol–water partition coefficient (Wildman–Crippen LogP) is 4.96. The third-order valence-corrected chi connectivity index (χ3v) is 4.92. The van der Waals surface area contributed by atoms with Gasteiger partial charge in [0, 0.05) is 5.56 Å². The topological polar surface area (TPSA) is 64.1 Å². The standard InChI is InChI=1S/C19H18ClN3O2S/c1-3-15(25-16-7-5-4-6-14(16)20)17(24)21-19-23-22-18(26-19)13-10-8-12(2)9-11-13/h4-11,15H,3H2,1-2H3,(H,21,23,24). The van der Waals surface area contributed by atoms with Crippen LogP contribution in [0.15, 0.2) is 48.5 Å². The smallest absolute Gasteiger partial charge is 0.267 e. The van der Waals surface area contributed by atoms with Crippen LogP contribution in [-0.4, -0.2) is 22.2 Å². The van der Waals surface area contributed by atoms with E-state index in [4.69, 9.17) is 16.3 Å². The van der Waals surface area contributed by atoms with Gasteiger partial charge in [0.15, 0.2) is 6.10 Å². The molecule has 3 rings (SSSR count). The van der Waals surface area contributed by atoms with Crippen molar-refractivity contribution >= 4 is 34.0 Å². The lowest BCUT2D eigenvalue weighted by Gasteiger charge is -2.17. The van der Waals surface area contributed by atoms with Crippen LogP contribution in [0, 0.1) is 6.92 Å². The number of halogens is 1. The largest absolute Gasteiger partial charge is 0.479 e. The highest BCUT2D eigenvalue weighted by Crippen LogP contribution is 2.28. The molecule has 2 aromatic carbocycles. The molecule has 0 aliphatic heterocycles. The molecule has 0 fully saturated rings. The number of rotatable bonds is 6. The van der Waals surface area contributed by atoms with Crippen LogP contribution in [0.5, 0.6) is 5.75 Å². The molecule has 0 radical (unpaired) electrons. The second-order valence-electron chi connectivity index (χ2n) is 5.71. The number of aromatic nitrogens is 2. The summed E-state index contributed by atoms with van der Waals surface area (Å²) >= 11 is 7.42. The minimum Gasteiger partial charge on any atom is -0.479 e. The summed E-state index contributed by atoms with van der Waals surface area (Å²) < 4.78 is 5.75. The van der Waals surface area contributed by atoms with E-state index in [1.165, 1.54) is 16.9 Å². The van der Waals surface area contributed by atoms with E-state index in [1.54, 1.807) is 12.1 Å². The van der Waals surface area contributed by atoms with Crippen LogP contribution in [0.4, 0.5) is 5.13 Å². The molecule has 7 heteroatoms. The molecule has 1 unspecified atom stereocenters. The molecular weight excluding hydrogens is 370 g/mol. The lowest BCUT2D eigenvalue weighted by Crippen LogP contribution is -2.32. The molecule has 3 aromatic rings. The van der Waals surface area contributed by atoms with Crippen molar-refractivity contribution in [3.05, 3.63) is 59.1 Å². The Labute approximate surface area is 161 Å². The first-order valence-corrected chi connectivity index (χ1v) is 9.39. The summed E-state index contributed by atoms with van der Waals surface area (Å²) in [6.07, 6.45) is -0.164.